The maximum absolute atomic E-state index is 12.4. The Bertz CT molecular complexity index is 952. The van der Waals surface area contributed by atoms with Crippen LogP contribution >= 0.6 is 0 Å². The molecule has 3 heterocycles. The summed E-state index contributed by atoms with van der Waals surface area (Å²) in [5.74, 6) is -0.466. The number of amides is 1. The minimum Gasteiger partial charge on any atom is -0.343 e. The fourth-order valence-electron chi connectivity index (χ4n) is 2.85. The van der Waals surface area contributed by atoms with Crippen LogP contribution in [0.2, 0.25) is 0 Å². The van der Waals surface area contributed by atoms with E-state index < -0.39 is 15.9 Å². The monoisotopic (exact) mass is 349 g/mol. The molecule has 0 aliphatic carbocycles. The number of carbonyl (C=O) groups excluding carboxylic acids is 1. The Balaban J connectivity index is 1.87. The quantitative estimate of drug-likeness (QED) is 0.869. The van der Waals surface area contributed by atoms with E-state index in [1.54, 1.807) is 17.8 Å². The predicted molar refractivity (Wildman–Crippen MR) is 89.1 cm³/mol. The van der Waals surface area contributed by atoms with E-state index in [1.165, 1.54) is 10.8 Å². The van der Waals surface area contributed by atoms with Gasteiger partial charge in [0, 0.05) is 30.8 Å². The van der Waals surface area contributed by atoms with Crippen molar-refractivity contribution >= 4 is 15.7 Å². The van der Waals surface area contributed by atoms with Gasteiger partial charge in [0.2, 0.25) is 0 Å². The van der Waals surface area contributed by atoms with Crippen molar-refractivity contribution in [1.29, 1.82) is 0 Å². The van der Waals surface area contributed by atoms with Crippen molar-refractivity contribution < 1.29 is 13.2 Å². The molecule has 0 fully saturated rings. The molecule has 1 unspecified atom stereocenters. The summed E-state index contributed by atoms with van der Waals surface area (Å²) in [4.78, 5) is 12.4. The van der Waals surface area contributed by atoms with Gasteiger partial charge in [0.05, 0.1) is 23.2 Å². The Kier molecular flexibility index (Phi) is 3.83. The van der Waals surface area contributed by atoms with E-state index in [9.17, 15) is 13.2 Å². The van der Waals surface area contributed by atoms with Crippen molar-refractivity contribution in [3.05, 3.63) is 34.6 Å². The molecule has 128 valence electrons. The SMILES string of the molecule is Cc1nn(C)c(C)c1-c1cc(C(=O)NC2C=CS(=O)(=O)C2)n(C)n1. The number of nitrogens with one attached hydrogen (secondary N) is 1. The molecule has 0 saturated carbocycles. The summed E-state index contributed by atoms with van der Waals surface area (Å²) >= 11 is 0. The van der Waals surface area contributed by atoms with Gasteiger partial charge in [0.1, 0.15) is 5.69 Å². The number of aromatic nitrogens is 4. The highest BCUT2D eigenvalue weighted by Crippen LogP contribution is 2.26. The summed E-state index contributed by atoms with van der Waals surface area (Å²) in [5.41, 5.74) is 3.73. The lowest BCUT2D eigenvalue weighted by Gasteiger charge is -2.09. The second kappa shape index (κ2) is 5.59. The standard InChI is InChI=1S/C15H19N5O3S/c1-9-14(10(2)19(3)17-9)12-7-13(20(4)18-12)15(21)16-11-5-6-24(22,23)8-11/h5-7,11H,8H2,1-4H3,(H,16,21). The number of nitrogens with zero attached hydrogens (tertiary/aromatic N) is 4. The van der Waals surface area contributed by atoms with E-state index >= 15 is 0 Å². The fourth-order valence-corrected chi connectivity index (χ4v) is 4.09. The third kappa shape index (κ3) is 2.86. The summed E-state index contributed by atoms with van der Waals surface area (Å²) in [5, 5.41) is 12.6. The molecule has 0 spiro atoms. The third-order valence-corrected chi connectivity index (χ3v) is 5.52. The minimum absolute atomic E-state index is 0.107. The molecule has 24 heavy (non-hydrogen) atoms. The second-order valence-electron chi connectivity index (χ2n) is 5.95. The van der Waals surface area contributed by atoms with Crippen LogP contribution in [0.25, 0.3) is 11.3 Å². The Morgan fingerprint density at radius 2 is 1.96 bits per heavy atom. The zero-order valence-electron chi connectivity index (χ0n) is 13.9. The van der Waals surface area contributed by atoms with Gasteiger partial charge in [-0.3, -0.25) is 14.2 Å². The van der Waals surface area contributed by atoms with Crippen molar-refractivity contribution in [2.75, 3.05) is 5.75 Å². The molecule has 3 rings (SSSR count). The topological polar surface area (TPSA) is 98.9 Å². The molecule has 0 radical (unpaired) electrons. The minimum atomic E-state index is -3.21. The van der Waals surface area contributed by atoms with E-state index in [0.29, 0.717) is 11.4 Å². The van der Waals surface area contributed by atoms with Crippen LogP contribution in [0.3, 0.4) is 0 Å². The highest BCUT2D eigenvalue weighted by atomic mass is 32.2. The second-order valence-corrected chi connectivity index (χ2v) is 7.88. The van der Waals surface area contributed by atoms with Crippen LogP contribution in [-0.2, 0) is 23.9 Å². The molecule has 2 aromatic rings. The number of sulfone groups is 1. The van der Waals surface area contributed by atoms with E-state index in [2.05, 4.69) is 15.5 Å². The molecule has 1 atom stereocenters. The Labute approximate surface area is 140 Å². The summed E-state index contributed by atoms with van der Waals surface area (Å²) in [6.45, 7) is 3.84. The van der Waals surface area contributed by atoms with Crippen LogP contribution in [0.1, 0.15) is 21.9 Å². The van der Waals surface area contributed by atoms with Gasteiger partial charge in [0.25, 0.3) is 5.91 Å². The average molecular weight is 349 g/mol. The molecule has 0 saturated heterocycles. The predicted octanol–water partition coefficient (Wildman–Crippen LogP) is 0.478. The Hall–Kier alpha value is -2.42. The largest absolute Gasteiger partial charge is 0.343 e. The molecule has 2 aromatic heterocycles. The van der Waals surface area contributed by atoms with Gasteiger partial charge < -0.3 is 5.32 Å². The van der Waals surface area contributed by atoms with Crippen molar-refractivity contribution in [2.45, 2.75) is 19.9 Å². The molecular weight excluding hydrogens is 330 g/mol. The highest BCUT2D eigenvalue weighted by molar-refractivity contribution is 7.94. The zero-order valence-corrected chi connectivity index (χ0v) is 14.8. The van der Waals surface area contributed by atoms with Gasteiger partial charge in [-0.25, -0.2) is 8.42 Å². The van der Waals surface area contributed by atoms with Crippen molar-refractivity contribution in [1.82, 2.24) is 24.9 Å². The molecular formula is C15H19N5O3S. The third-order valence-electron chi connectivity index (χ3n) is 4.12. The van der Waals surface area contributed by atoms with E-state index in [4.69, 9.17) is 0 Å². The number of carbonyl (C=O) groups is 1. The summed E-state index contributed by atoms with van der Waals surface area (Å²) in [6.07, 6.45) is 1.49. The summed E-state index contributed by atoms with van der Waals surface area (Å²) in [7, 11) is 0.329. The molecule has 9 heteroatoms. The van der Waals surface area contributed by atoms with Crippen molar-refractivity contribution in [3.63, 3.8) is 0 Å². The van der Waals surface area contributed by atoms with Crippen molar-refractivity contribution in [2.24, 2.45) is 14.1 Å². The smallest absolute Gasteiger partial charge is 0.270 e. The van der Waals surface area contributed by atoms with Crippen LogP contribution in [0, 0.1) is 13.8 Å². The normalized spacial score (nSPS) is 18.9. The molecule has 1 N–H and O–H groups in total. The zero-order chi connectivity index (χ0) is 17.6. The number of hydrogen-bond acceptors (Lipinski definition) is 5. The van der Waals surface area contributed by atoms with Gasteiger partial charge in [-0.1, -0.05) is 0 Å². The first-order valence-corrected chi connectivity index (χ1v) is 9.16. The molecule has 1 aliphatic heterocycles. The lowest BCUT2D eigenvalue weighted by molar-refractivity contribution is 0.0938. The number of rotatable bonds is 3. The lowest BCUT2D eigenvalue weighted by atomic mass is 10.1. The average Bonchev–Trinajstić information content (AvgIpc) is 3.08. The first-order valence-electron chi connectivity index (χ1n) is 7.44. The lowest BCUT2D eigenvalue weighted by Crippen LogP contribution is -2.36. The van der Waals surface area contributed by atoms with E-state index in [-0.39, 0.29) is 11.7 Å². The molecule has 1 aliphatic rings. The van der Waals surface area contributed by atoms with Gasteiger partial charge >= 0.3 is 0 Å². The molecule has 8 nitrogen and oxygen atoms in total. The maximum atomic E-state index is 12.4. The van der Waals surface area contributed by atoms with Crippen LogP contribution < -0.4 is 5.32 Å². The van der Waals surface area contributed by atoms with Crippen LogP contribution in [-0.4, -0.2) is 45.7 Å². The van der Waals surface area contributed by atoms with Crippen LogP contribution in [0.15, 0.2) is 17.6 Å². The molecule has 0 aromatic carbocycles. The summed E-state index contributed by atoms with van der Waals surface area (Å²) < 4.78 is 26.1. The summed E-state index contributed by atoms with van der Waals surface area (Å²) in [6, 6.07) is 1.18. The number of aryl methyl sites for hydroxylation is 3. The van der Waals surface area contributed by atoms with E-state index in [0.717, 1.165) is 22.4 Å². The number of hydrogen-bond donors (Lipinski definition) is 1. The first-order chi connectivity index (χ1) is 11.2. The van der Waals surface area contributed by atoms with Gasteiger partial charge in [-0.15, -0.1) is 0 Å². The van der Waals surface area contributed by atoms with Gasteiger partial charge in [0.15, 0.2) is 9.84 Å². The van der Waals surface area contributed by atoms with Crippen molar-refractivity contribution in [3.8, 4) is 11.3 Å². The highest BCUT2D eigenvalue weighted by Gasteiger charge is 2.25. The van der Waals surface area contributed by atoms with Crippen LogP contribution in [0.5, 0.6) is 0 Å². The molecule has 0 bridgehead atoms. The first kappa shape index (κ1) is 16.4. The fraction of sp³-hybridized carbons (Fsp3) is 0.400. The maximum Gasteiger partial charge on any atom is 0.270 e. The molecule has 1 amide bonds. The Morgan fingerprint density at radius 1 is 1.25 bits per heavy atom. The Morgan fingerprint density at radius 3 is 2.50 bits per heavy atom. The van der Waals surface area contributed by atoms with Crippen LogP contribution in [0.4, 0.5) is 0 Å². The van der Waals surface area contributed by atoms with E-state index in [1.807, 2.05) is 20.9 Å². The van der Waals surface area contributed by atoms with Gasteiger partial charge in [-0.2, -0.15) is 10.2 Å². The van der Waals surface area contributed by atoms with Gasteiger partial charge in [-0.05, 0) is 26.0 Å².